The van der Waals surface area contributed by atoms with E-state index >= 15 is 0 Å². The number of rotatable bonds is 10. The molecule has 1 amide bonds. The average Bonchev–Trinajstić information content (AvgIpc) is 3.73. The van der Waals surface area contributed by atoms with Gasteiger partial charge >= 0.3 is 5.97 Å². The fourth-order valence-corrected chi connectivity index (χ4v) is 6.71. The van der Waals surface area contributed by atoms with Crippen LogP contribution in [0.5, 0.6) is 0 Å². The van der Waals surface area contributed by atoms with Crippen molar-refractivity contribution in [2.45, 2.75) is 44.6 Å². The summed E-state index contributed by atoms with van der Waals surface area (Å²) in [7, 11) is 0. The number of pyridine rings is 1. The van der Waals surface area contributed by atoms with Gasteiger partial charge in [-0.2, -0.15) is 0 Å². The van der Waals surface area contributed by atoms with Crippen LogP contribution in [-0.4, -0.2) is 72.5 Å². The molecule has 4 heterocycles. The number of carbonyl (C=O) groups is 2. The molecule has 0 spiro atoms. The second-order valence-corrected chi connectivity index (χ2v) is 11.9. The Kier molecular flexibility index (Phi) is 8.59. The topological polar surface area (TPSA) is 105 Å². The highest BCUT2D eigenvalue weighted by Crippen LogP contribution is 2.40. The minimum Gasteiger partial charge on any atom is -0.481 e. The van der Waals surface area contributed by atoms with Gasteiger partial charge in [-0.15, -0.1) is 11.3 Å². The minimum absolute atomic E-state index is 0.0830. The van der Waals surface area contributed by atoms with Gasteiger partial charge in [0.25, 0.3) is 0 Å². The van der Waals surface area contributed by atoms with Crippen molar-refractivity contribution in [1.29, 1.82) is 0 Å². The minimum atomic E-state index is -0.937. The van der Waals surface area contributed by atoms with E-state index in [9.17, 15) is 14.7 Å². The van der Waals surface area contributed by atoms with Gasteiger partial charge in [-0.05, 0) is 55.7 Å². The van der Waals surface area contributed by atoms with E-state index in [-0.39, 0.29) is 18.4 Å². The summed E-state index contributed by atoms with van der Waals surface area (Å²) in [5.74, 6) is -0.362. The van der Waals surface area contributed by atoms with Crippen molar-refractivity contribution in [3.05, 3.63) is 48.0 Å². The maximum atomic E-state index is 13.9. The molecule has 3 aliphatic rings. The third-order valence-corrected chi connectivity index (χ3v) is 9.01. The molecule has 2 aromatic heterocycles. The van der Waals surface area contributed by atoms with Gasteiger partial charge in [-0.3, -0.25) is 14.5 Å². The number of hydrogen-bond acceptors (Lipinski definition) is 8. The lowest BCUT2D eigenvalue weighted by molar-refractivity contribution is -0.141. The number of carbonyl (C=O) groups excluding carboxylic acids is 1. The SMILES string of the molecule is O=C(O)CC(CC1CCOCC1)C(=O)N(c1nc(-c2ccccc2-c2ccc(N3CCOCC3)nc2)cs1)C1CC1. The smallest absolute Gasteiger partial charge is 0.304 e. The highest BCUT2D eigenvalue weighted by atomic mass is 32.1. The molecule has 6 rings (SSSR count). The second kappa shape index (κ2) is 12.7. The molecule has 10 heteroatoms. The number of carboxylic acid groups (broad SMARTS) is 1. The van der Waals surface area contributed by atoms with Crippen LogP contribution in [0.1, 0.15) is 38.5 Å². The number of benzene rings is 1. The highest BCUT2D eigenvalue weighted by molar-refractivity contribution is 7.14. The summed E-state index contributed by atoms with van der Waals surface area (Å²) in [6.45, 7) is 4.44. The van der Waals surface area contributed by atoms with Gasteiger partial charge < -0.3 is 19.5 Å². The number of aromatic nitrogens is 2. The molecule has 1 aromatic carbocycles. The summed E-state index contributed by atoms with van der Waals surface area (Å²) >= 11 is 1.45. The van der Waals surface area contributed by atoms with E-state index in [1.165, 1.54) is 11.3 Å². The summed E-state index contributed by atoms with van der Waals surface area (Å²) in [6.07, 6.45) is 5.88. The molecule has 216 valence electrons. The van der Waals surface area contributed by atoms with Gasteiger partial charge in [0, 0.05) is 61.0 Å². The lowest BCUT2D eigenvalue weighted by atomic mass is 9.86. The van der Waals surface area contributed by atoms with Crippen molar-refractivity contribution in [2.75, 3.05) is 49.3 Å². The van der Waals surface area contributed by atoms with E-state index in [1.54, 1.807) is 4.90 Å². The number of morpholine rings is 1. The Balaban J connectivity index is 1.24. The normalized spacial score (nSPS) is 18.7. The van der Waals surface area contributed by atoms with Gasteiger partial charge in [0.05, 0.1) is 25.3 Å². The van der Waals surface area contributed by atoms with Crippen molar-refractivity contribution < 1.29 is 24.2 Å². The van der Waals surface area contributed by atoms with Gasteiger partial charge in [-0.25, -0.2) is 9.97 Å². The molecule has 1 aliphatic carbocycles. The van der Waals surface area contributed by atoms with Crippen LogP contribution in [0.2, 0.25) is 0 Å². The zero-order valence-electron chi connectivity index (χ0n) is 23.1. The molecule has 0 radical (unpaired) electrons. The standard InChI is InChI=1S/C31H36N4O5S/c36-29(37)18-23(17-21-9-13-39-14-10-21)30(38)35(24-6-7-24)31-33-27(20-41-31)26-4-2-1-3-25(26)22-5-8-28(32-19-22)34-11-15-40-16-12-34/h1-5,8,19-21,23-24H,6-7,9-18H2,(H,36,37). The predicted molar refractivity (Wildman–Crippen MR) is 158 cm³/mol. The van der Waals surface area contributed by atoms with Crippen molar-refractivity contribution in [3.63, 3.8) is 0 Å². The molecule has 2 aliphatic heterocycles. The molecular formula is C31H36N4O5S. The number of thiazole rings is 1. The molecule has 0 bridgehead atoms. The molecule has 3 aromatic rings. The molecule has 9 nitrogen and oxygen atoms in total. The van der Waals surface area contributed by atoms with E-state index < -0.39 is 11.9 Å². The van der Waals surface area contributed by atoms with Crippen LogP contribution in [0.4, 0.5) is 10.9 Å². The Labute approximate surface area is 244 Å². The quantitative estimate of drug-likeness (QED) is 0.355. The van der Waals surface area contributed by atoms with Crippen LogP contribution < -0.4 is 9.80 Å². The third kappa shape index (κ3) is 6.60. The zero-order chi connectivity index (χ0) is 28.2. The lowest BCUT2D eigenvalue weighted by Crippen LogP contribution is -2.40. The monoisotopic (exact) mass is 576 g/mol. The first-order valence-electron chi connectivity index (χ1n) is 14.5. The second-order valence-electron chi connectivity index (χ2n) is 11.1. The van der Waals surface area contributed by atoms with E-state index in [1.807, 2.05) is 29.8 Å². The van der Waals surface area contributed by atoms with Crippen LogP contribution >= 0.6 is 11.3 Å². The fraction of sp³-hybridized carbons (Fsp3) is 0.484. The summed E-state index contributed by atoms with van der Waals surface area (Å²) in [5.41, 5.74) is 3.80. The number of amides is 1. The first kappa shape index (κ1) is 27.8. The molecule has 1 atom stereocenters. The summed E-state index contributed by atoms with van der Waals surface area (Å²) in [5, 5.41) is 12.3. The number of carboxylic acids is 1. The van der Waals surface area contributed by atoms with Crippen LogP contribution in [0.25, 0.3) is 22.4 Å². The molecule has 1 unspecified atom stereocenters. The maximum absolute atomic E-state index is 13.9. The van der Waals surface area contributed by atoms with E-state index in [0.717, 1.165) is 67.0 Å². The lowest BCUT2D eigenvalue weighted by Gasteiger charge is -2.29. The van der Waals surface area contributed by atoms with Gasteiger partial charge in [-0.1, -0.05) is 24.3 Å². The Morgan fingerprint density at radius 1 is 1.00 bits per heavy atom. The largest absolute Gasteiger partial charge is 0.481 e. The van der Waals surface area contributed by atoms with Crippen molar-refractivity contribution >= 4 is 34.2 Å². The van der Waals surface area contributed by atoms with Crippen molar-refractivity contribution in [2.24, 2.45) is 11.8 Å². The maximum Gasteiger partial charge on any atom is 0.304 e. The first-order valence-corrected chi connectivity index (χ1v) is 15.4. The van der Waals surface area contributed by atoms with Crippen molar-refractivity contribution in [3.8, 4) is 22.4 Å². The number of ether oxygens (including phenoxy) is 2. The summed E-state index contributed by atoms with van der Waals surface area (Å²) in [6, 6.07) is 12.4. The first-order chi connectivity index (χ1) is 20.1. The Bertz CT molecular complexity index is 1350. The van der Waals surface area contributed by atoms with Crippen LogP contribution in [0.15, 0.2) is 48.0 Å². The molecule has 1 N–H and O–H groups in total. The number of nitrogens with zero attached hydrogens (tertiary/aromatic N) is 4. The van der Waals surface area contributed by atoms with E-state index in [2.05, 4.69) is 23.1 Å². The van der Waals surface area contributed by atoms with Gasteiger partial charge in [0.15, 0.2) is 5.13 Å². The molecule has 3 fully saturated rings. The average molecular weight is 577 g/mol. The number of anilines is 2. The van der Waals surface area contributed by atoms with Crippen LogP contribution in [-0.2, 0) is 19.1 Å². The fourth-order valence-electron chi connectivity index (χ4n) is 5.81. The zero-order valence-corrected chi connectivity index (χ0v) is 23.9. The molecule has 1 saturated carbocycles. The highest BCUT2D eigenvalue weighted by Gasteiger charge is 2.40. The number of hydrogen-bond donors (Lipinski definition) is 1. The van der Waals surface area contributed by atoms with Crippen molar-refractivity contribution in [1.82, 2.24) is 9.97 Å². The molecule has 41 heavy (non-hydrogen) atoms. The predicted octanol–water partition coefficient (Wildman–Crippen LogP) is 5.11. The third-order valence-electron chi connectivity index (χ3n) is 8.17. The van der Waals surface area contributed by atoms with Crippen LogP contribution in [0, 0.1) is 11.8 Å². The molecule has 2 saturated heterocycles. The van der Waals surface area contributed by atoms with Gasteiger partial charge in [0.2, 0.25) is 5.91 Å². The number of aliphatic carboxylic acids is 1. The Hall–Kier alpha value is -3.34. The molecular weight excluding hydrogens is 540 g/mol. The summed E-state index contributed by atoms with van der Waals surface area (Å²) < 4.78 is 10.9. The Morgan fingerprint density at radius 3 is 2.41 bits per heavy atom. The van der Waals surface area contributed by atoms with Gasteiger partial charge in [0.1, 0.15) is 5.82 Å². The van der Waals surface area contributed by atoms with E-state index in [4.69, 9.17) is 19.4 Å². The van der Waals surface area contributed by atoms with E-state index in [0.29, 0.717) is 43.9 Å². The van der Waals surface area contributed by atoms with Crippen LogP contribution in [0.3, 0.4) is 0 Å². The summed E-state index contributed by atoms with van der Waals surface area (Å²) in [4.78, 5) is 39.4. The Morgan fingerprint density at radius 2 is 1.73 bits per heavy atom.